The van der Waals surface area contributed by atoms with E-state index in [0.717, 1.165) is 23.2 Å². The lowest BCUT2D eigenvalue weighted by atomic mass is 9.98. The standard InChI is InChI=1S/C22H27ClN2O4S/c1-4-16-8-5-7-15(2)21(16)24-22(26)17-9-6-12-25(14-17)30(27,28)18-10-11-20(29-3)19(23)13-18/h5,7-8,10-11,13,17H,4,6,9,12,14H2,1-3H3,(H,24,26)/t17-/m0/s1. The summed E-state index contributed by atoms with van der Waals surface area (Å²) in [4.78, 5) is 13.1. The van der Waals surface area contributed by atoms with Gasteiger partial charge in [0.2, 0.25) is 15.9 Å². The van der Waals surface area contributed by atoms with Crippen LogP contribution in [0.1, 0.15) is 30.9 Å². The summed E-state index contributed by atoms with van der Waals surface area (Å²) in [6.07, 6.45) is 2.07. The van der Waals surface area contributed by atoms with Crippen molar-refractivity contribution in [3.63, 3.8) is 0 Å². The number of nitrogens with zero attached hydrogens (tertiary/aromatic N) is 1. The molecule has 1 aliphatic rings. The fourth-order valence-corrected chi connectivity index (χ4v) is 5.63. The van der Waals surface area contributed by atoms with Crippen LogP contribution in [0.25, 0.3) is 0 Å². The van der Waals surface area contributed by atoms with E-state index >= 15 is 0 Å². The average Bonchev–Trinajstić information content (AvgIpc) is 2.75. The molecule has 1 N–H and O–H groups in total. The number of amides is 1. The lowest BCUT2D eigenvalue weighted by Gasteiger charge is -2.31. The second kappa shape index (κ2) is 9.37. The molecule has 1 fully saturated rings. The number of nitrogens with one attached hydrogen (secondary N) is 1. The number of sulfonamides is 1. The largest absolute Gasteiger partial charge is 0.495 e. The Hall–Kier alpha value is -2.09. The first-order valence-electron chi connectivity index (χ1n) is 10.0. The normalized spacial score (nSPS) is 17.5. The van der Waals surface area contributed by atoms with Gasteiger partial charge in [0.05, 0.1) is 22.9 Å². The van der Waals surface area contributed by atoms with Gasteiger partial charge in [-0.1, -0.05) is 36.7 Å². The van der Waals surface area contributed by atoms with E-state index in [0.29, 0.717) is 25.1 Å². The Bertz CT molecular complexity index is 1040. The number of hydrogen-bond acceptors (Lipinski definition) is 4. The Morgan fingerprint density at radius 3 is 2.73 bits per heavy atom. The van der Waals surface area contributed by atoms with E-state index in [2.05, 4.69) is 5.32 Å². The van der Waals surface area contributed by atoms with Crippen molar-refractivity contribution in [2.75, 3.05) is 25.5 Å². The summed E-state index contributed by atoms with van der Waals surface area (Å²) in [6.45, 7) is 4.52. The highest BCUT2D eigenvalue weighted by atomic mass is 35.5. The molecule has 0 unspecified atom stereocenters. The summed E-state index contributed by atoms with van der Waals surface area (Å²) in [5.41, 5.74) is 2.89. The van der Waals surface area contributed by atoms with Gasteiger partial charge in [0, 0.05) is 18.8 Å². The van der Waals surface area contributed by atoms with Gasteiger partial charge in [-0.05, 0) is 55.5 Å². The van der Waals surface area contributed by atoms with E-state index in [-0.39, 0.29) is 22.4 Å². The highest BCUT2D eigenvalue weighted by Crippen LogP contribution is 2.31. The first-order valence-corrected chi connectivity index (χ1v) is 11.8. The molecule has 8 heteroatoms. The smallest absolute Gasteiger partial charge is 0.243 e. The minimum Gasteiger partial charge on any atom is -0.495 e. The average molecular weight is 451 g/mol. The van der Waals surface area contributed by atoms with Crippen LogP contribution in [0, 0.1) is 12.8 Å². The first-order chi connectivity index (χ1) is 14.3. The van der Waals surface area contributed by atoms with Crippen molar-refractivity contribution in [2.24, 2.45) is 5.92 Å². The second-order valence-corrected chi connectivity index (χ2v) is 9.80. The highest BCUT2D eigenvalue weighted by molar-refractivity contribution is 7.89. The van der Waals surface area contributed by atoms with Gasteiger partial charge in [-0.3, -0.25) is 4.79 Å². The van der Waals surface area contributed by atoms with Crippen LogP contribution in [0.5, 0.6) is 5.75 Å². The lowest BCUT2D eigenvalue weighted by Crippen LogP contribution is -2.43. The molecule has 0 radical (unpaired) electrons. The third kappa shape index (κ3) is 4.63. The van der Waals surface area contributed by atoms with Crippen molar-refractivity contribution in [3.05, 3.63) is 52.5 Å². The molecule has 2 aromatic carbocycles. The zero-order valence-electron chi connectivity index (χ0n) is 17.4. The molecule has 1 amide bonds. The van der Waals surface area contributed by atoms with E-state index < -0.39 is 15.9 Å². The summed E-state index contributed by atoms with van der Waals surface area (Å²) in [6, 6.07) is 10.3. The van der Waals surface area contributed by atoms with E-state index in [4.69, 9.17) is 16.3 Å². The first kappa shape index (κ1) is 22.6. The number of rotatable bonds is 6. The zero-order valence-corrected chi connectivity index (χ0v) is 19.0. The van der Waals surface area contributed by atoms with Crippen LogP contribution in [-0.4, -0.2) is 38.8 Å². The molecule has 0 aliphatic carbocycles. The van der Waals surface area contributed by atoms with Crippen molar-refractivity contribution in [1.82, 2.24) is 4.31 Å². The minimum atomic E-state index is -3.76. The third-order valence-corrected chi connectivity index (χ3v) is 7.66. The Morgan fingerprint density at radius 1 is 1.30 bits per heavy atom. The molecule has 162 valence electrons. The fraction of sp³-hybridized carbons (Fsp3) is 0.409. The molecule has 1 aliphatic heterocycles. The van der Waals surface area contributed by atoms with Crippen molar-refractivity contribution >= 4 is 33.2 Å². The minimum absolute atomic E-state index is 0.0986. The predicted octanol–water partition coefficient (Wildman–Crippen LogP) is 4.26. The number of methoxy groups -OCH3 is 1. The molecule has 1 atom stereocenters. The van der Waals surface area contributed by atoms with Crippen LogP contribution in [0.4, 0.5) is 5.69 Å². The predicted molar refractivity (Wildman–Crippen MR) is 119 cm³/mol. The SMILES string of the molecule is CCc1cccc(C)c1NC(=O)[C@H]1CCCN(S(=O)(=O)c2ccc(OC)c(Cl)c2)C1. The number of carbonyl (C=O) groups excluding carboxylic acids is 1. The zero-order chi connectivity index (χ0) is 21.9. The van der Waals surface area contributed by atoms with Crippen molar-refractivity contribution < 1.29 is 17.9 Å². The Balaban J connectivity index is 1.78. The molecule has 0 spiro atoms. The molecule has 0 aromatic heterocycles. The molecule has 1 saturated heterocycles. The molecule has 1 heterocycles. The van der Waals surface area contributed by atoms with Gasteiger partial charge in [-0.15, -0.1) is 0 Å². The molecule has 0 saturated carbocycles. The molecule has 2 aromatic rings. The number of para-hydroxylation sites is 1. The molecule has 6 nitrogen and oxygen atoms in total. The van der Waals surface area contributed by atoms with Crippen LogP contribution < -0.4 is 10.1 Å². The number of benzene rings is 2. The summed E-state index contributed by atoms with van der Waals surface area (Å²) >= 11 is 6.12. The van der Waals surface area contributed by atoms with Crippen LogP contribution in [0.15, 0.2) is 41.3 Å². The number of piperidine rings is 1. The van der Waals surface area contributed by atoms with Gasteiger partial charge >= 0.3 is 0 Å². The van der Waals surface area contributed by atoms with E-state index in [9.17, 15) is 13.2 Å². The molecular formula is C22H27ClN2O4S. The lowest BCUT2D eigenvalue weighted by molar-refractivity contribution is -0.120. The maximum Gasteiger partial charge on any atom is 0.243 e. The molecule has 3 rings (SSSR count). The highest BCUT2D eigenvalue weighted by Gasteiger charge is 2.34. The van der Waals surface area contributed by atoms with Gasteiger partial charge in [-0.2, -0.15) is 4.31 Å². The molecule has 0 bridgehead atoms. The number of ether oxygens (including phenoxy) is 1. The summed E-state index contributed by atoms with van der Waals surface area (Å²) in [7, 11) is -2.28. The summed E-state index contributed by atoms with van der Waals surface area (Å²) in [5.74, 6) is -0.144. The Morgan fingerprint density at radius 2 is 2.07 bits per heavy atom. The monoisotopic (exact) mass is 450 g/mol. The number of halogens is 1. The number of aryl methyl sites for hydroxylation is 2. The van der Waals surface area contributed by atoms with Crippen LogP contribution >= 0.6 is 11.6 Å². The molecular weight excluding hydrogens is 424 g/mol. The maximum absolute atomic E-state index is 13.1. The van der Waals surface area contributed by atoms with Crippen LogP contribution in [-0.2, 0) is 21.2 Å². The number of carbonyl (C=O) groups is 1. The van der Waals surface area contributed by atoms with Crippen molar-refractivity contribution in [1.29, 1.82) is 0 Å². The van der Waals surface area contributed by atoms with E-state index in [1.165, 1.54) is 29.6 Å². The molecule has 30 heavy (non-hydrogen) atoms. The van der Waals surface area contributed by atoms with Crippen molar-refractivity contribution in [2.45, 2.75) is 38.0 Å². The number of anilines is 1. The summed E-state index contributed by atoms with van der Waals surface area (Å²) < 4.78 is 32.7. The second-order valence-electron chi connectivity index (χ2n) is 7.45. The fourth-order valence-electron chi connectivity index (χ4n) is 3.76. The van der Waals surface area contributed by atoms with Gasteiger partial charge in [-0.25, -0.2) is 8.42 Å². The third-order valence-electron chi connectivity index (χ3n) is 5.50. The maximum atomic E-state index is 13.1. The van der Waals surface area contributed by atoms with Gasteiger partial charge in [0.25, 0.3) is 0 Å². The Kier molecular flexibility index (Phi) is 7.06. The Labute approximate surface area is 183 Å². The van der Waals surface area contributed by atoms with E-state index in [1.807, 2.05) is 32.0 Å². The number of hydrogen-bond donors (Lipinski definition) is 1. The van der Waals surface area contributed by atoms with E-state index in [1.54, 1.807) is 0 Å². The van der Waals surface area contributed by atoms with Crippen LogP contribution in [0.3, 0.4) is 0 Å². The topological polar surface area (TPSA) is 75.7 Å². The van der Waals surface area contributed by atoms with Gasteiger partial charge in [0.15, 0.2) is 0 Å². The quantitative estimate of drug-likeness (QED) is 0.713. The summed E-state index contributed by atoms with van der Waals surface area (Å²) in [5, 5.41) is 3.27. The van der Waals surface area contributed by atoms with Crippen LogP contribution in [0.2, 0.25) is 5.02 Å². The van der Waals surface area contributed by atoms with Gasteiger partial charge in [0.1, 0.15) is 5.75 Å². The van der Waals surface area contributed by atoms with Crippen molar-refractivity contribution in [3.8, 4) is 5.75 Å². The van der Waals surface area contributed by atoms with Gasteiger partial charge < -0.3 is 10.1 Å².